The Hall–Kier alpha value is -1.58. The van der Waals surface area contributed by atoms with Crippen LogP contribution in [0.2, 0.25) is 0 Å². The first-order valence-electron chi connectivity index (χ1n) is 8.95. The molecule has 1 aromatic rings. The van der Waals surface area contributed by atoms with Crippen molar-refractivity contribution in [1.29, 1.82) is 5.26 Å². The van der Waals surface area contributed by atoms with Crippen LogP contribution in [0.4, 0.5) is 4.79 Å². The lowest BCUT2D eigenvalue weighted by molar-refractivity contribution is 0.0479. The van der Waals surface area contributed by atoms with Crippen LogP contribution in [0.15, 0.2) is 12.1 Å². The van der Waals surface area contributed by atoms with Crippen molar-refractivity contribution >= 4 is 17.4 Å². The molecule has 138 valence electrons. The molecule has 1 aliphatic carbocycles. The monoisotopic (exact) mass is 363 g/mol. The molecule has 1 saturated carbocycles. The molecule has 2 unspecified atom stereocenters. The van der Waals surface area contributed by atoms with Crippen LogP contribution in [-0.4, -0.2) is 23.8 Å². The molecule has 1 fully saturated rings. The van der Waals surface area contributed by atoms with E-state index in [-0.39, 0.29) is 11.6 Å². The highest BCUT2D eigenvalue weighted by molar-refractivity contribution is 7.12. The third-order valence-electron chi connectivity index (χ3n) is 4.79. The van der Waals surface area contributed by atoms with Crippen LogP contribution in [0.5, 0.6) is 0 Å². The minimum absolute atomic E-state index is 0.133. The number of nitrogens with one attached hydrogen (secondary N) is 2. The summed E-state index contributed by atoms with van der Waals surface area (Å²) in [7, 11) is 0. The van der Waals surface area contributed by atoms with Gasteiger partial charge in [0.15, 0.2) is 0 Å². The number of amides is 1. The van der Waals surface area contributed by atoms with Gasteiger partial charge in [-0.15, -0.1) is 11.3 Å². The molecule has 0 spiro atoms. The summed E-state index contributed by atoms with van der Waals surface area (Å²) in [5.41, 5.74) is -0.626. The molecule has 1 aliphatic rings. The number of thiophene rings is 1. The smallest absolute Gasteiger partial charge is 0.407 e. The maximum Gasteiger partial charge on any atom is 0.407 e. The van der Waals surface area contributed by atoms with Crippen molar-refractivity contribution in [2.24, 2.45) is 5.92 Å². The Bertz CT molecular complexity index is 629. The highest BCUT2D eigenvalue weighted by Crippen LogP contribution is 2.34. The fourth-order valence-corrected chi connectivity index (χ4v) is 4.09. The van der Waals surface area contributed by atoms with Gasteiger partial charge in [-0.1, -0.05) is 19.8 Å². The van der Waals surface area contributed by atoms with Crippen LogP contribution >= 0.6 is 11.3 Å². The van der Waals surface area contributed by atoms with Gasteiger partial charge >= 0.3 is 6.09 Å². The van der Waals surface area contributed by atoms with Gasteiger partial charge in [-0.2, -0.15) is 5.26 Å². The number of rotatable bonds is 5. The third-order valence-corrected chi connectivity index (χ3v) is 5.78. The topological polar surface area (TPSA) is 74.2 Å². The van der Waals surface area contributed by atoms with Crippen LogP contribution < -0.4 is 10.6 Å². The van der Waals surface area contributed by atoms with E-state index in [1.165, 1.54) is 17.8 Å². The molecule has 0 radical (unpaired) electrons. The van der Waals surface area contributed by atoms with Crippen molar-refractivity contribution in [2.45, 2.75) is 71.1 Å². The van der Waals surface area contributed by atoms with E-state index in [2.05, 4.69) is 23.6 Å². The first-order chi connectivity index (χ1) is 11.7. The number of carbonyl (C=O) groups is 1. The molecule has 2 N–H and O–H groups in total. The number of carbonyl (C=O) groups excluding carboxylic acids is 1. The van der Waals surface area contributed by atoms with Gasteiger partial charge in [-0.25, -0.2) is 4.79 Å². The molecule has 0 aromatic carbocycles. The van der Waals surface area contributed by atoms with Crippen LogP contribution in [-0.2, 0) is 11.3 Å². The number of ether oxygens (including phenoxy) is 1. The van der Waals surface area contributed by atoms with Crippen molar-refractivity contribution in [3.63, 3.8) is 0 Å². The average Bonchev–Trinajstić information content (AvgIpc) is 3.00. The molecule has 1 amide bonds. The summed E-state index contributed by atoms with van der Waals surface area (Å²) in [5.74, 6) is 0.464. The molecular weight excluding hydrogens is 334 g/mol. The van der Waals surface area contributed by atoms with E-state index in [0.29, 0.717) is 19.0 Å². The molecule has 5 nitrogen and oxygen atoms in total. The largest absolute Gasteiger partial charge is 0.444 e. The SMILES string of the molecule is CC1CCCCC1(CNC(=O)OC(C)(C)C)NCc1ccc(C#N)s1. The van der Waals surface area contributed by atoms with E-state index in [4.69, 9.17) is 10.00 Å². The Labute approximate surface area is 154 Å². The first-order valence-corrected chi connectivity index (χ1v) is 9.76. The standard InChI is InChI=1S/C19H29N3O2S/c1-14-7-5-6-10-19(14,13-21-17(23)24-18(2,3)4)22-12-16-9-8-15(11-20)25-16/h8-9,14,22H,5-7,10,12-13H2,1-4H3,(H,21,23). The Morgan fingerprint density at radius 2 is 2.20 bits per heavy atom. The van der Waals surface area contributed by atoms with Crippen LogP contribution in [0.1, 0.15) is 63.1 Å². The Balaban J connectivity index is 2.01. The van der Waals surface area contributed by atoms with Gasteiger partial charge in [0.2, 0.25) is 0 Å². The van der Waals surface area contributed by atoms with Gasteiger partial charge in [-0.3, -0.25) is 0 Å². The summed E-state index contributed by atoms with van der Waals surface area (Å²) in [5, 5.41) is 15.6. The molecule has 1 aromatic heterocycles. The molecule has 0 aliphatic heterocycles. The molecule has 0 bridgehead atoms. The minimum atomic E-state index is -0.493. The predicted molar refractivity (Wildman–Crippen MR) is 100 cm³/mol. The van der Waals surface area contributed by atoms with Crippen molar-refractivity contribution in [3.8, 4) is 6.07 Å². The molecule has 6 heteroatoms. The number of alkyl carbamates (subject to hydrolysis) is 1. The summed E-state index contributed by atoms with van der Waals surface area (Å²) in [6, 6.07) is 6.04. The zero-order valence-corrected chi connectivity index (χ0v) is 16.5. The van der Waals surface area contributed by atoms with E-state index in [1.807, 2.05) is 32.9 Å². The summed E-state index contributed by atoms with van der Waals surface area (Å²) >= 11 is 1.52. The summed E-state index contributed by atoms with van der Waals surface area (Å²) in [6.45, 7) is 9.12. The lowest BCUT2D eigenvalue weighted by Crippen LogP contribution is -2.58. The fourth-order valence-electron chi connectivity index (χ4n) is 3.34. The van der Waals surface area contributed by atoms with Gasteiger partial charge in [0, 0.05) is 23.5 Å². The second-order valence-corrected chi connectivity index (χ2v) is 9.06. The zero-order chi connectivity index (χ0) is 18.5. The lowest BCUT2D eigenvalue weighted by atomic mass is 9.73. The second kappa shape index (κ2) is 8.20. The second-order valence-electron chi connectivity index (χ2n) is 7.89. The zero-order valence-electron chi connectivity index (χ0n) is 15.6. The molecule has 2 atom stereocenters. The minimum Gasteiger partial charge on any atom is -0.444 e. The van der Waals surface area contributed by atoms with E-state index in [1.54, 1.807) is 0 Å². The number of nitrogens with zero attached hydrogens (tertiary/aromatic N) is 1. The number of hydrogen-bond donors (Lipinski definition) is 2. The van der Waals surface area contributed by atoms with Gasteiger partial charge < -0.3 is 15.4 Å². The maximum atomic E-state index is 12.1. The highest BCUT2D eigenvalue weighted by atomic mass is 32.1. The Kier molecular flexibility index (Phi) is 6.47. The van der Waals surface area contributed by atoms with Crippen molar-refractivity contribution in [1.82, 2.24) is 10.6 Å². The predicted octanol–water partition coefficient (Wildman–Crippen LogP) is 4.18. The van der Waals surface area contributed by atoms with Crippen molar-refractivity contribution < 1.29 is 9.53 Å². The van der Waals surface area contributed by atoms with Crippen LogP contribution in [0.3, 0.4) is 0 Å². The van der Waals surface area contributed by atoms with Gasteiger partial charge in [0.25, 0.3) is 0 Å². The van der Waals surface area contributed by atoms with E-state index in [0.717, 1.165) is 29.0 Å². The fraction of sp³-hybridized carbons (Fsp3) is 0.684. The molecule has 25 heavy (non-hydrogen) atoms. The van der Waals surface area contributed by atoms with Crippen LogP contribution in [0, 0.1) is 17.2 Å². The number of hydrogen-bond acceptors (Lipinski definition) is 5. The summed E-state index contributed by atoms with van der Waals surface area (Å²) in [6.07, 6.45) is 4.20. The van der Waals surface area contributed by atoms with Gasteiger partial charge in [-0.05, 0) is 51.7 Å². The maximum absolute atomic E-state index is 12.1. The van der Waals surface area contributed by atoms with Crippen LogP contribution in [0.25, 0.3) is 0 Å². The quantitative estimate of drug-likeness (QED) is 0.823. The third kappa shape index (κ3) is 5.72. The Morgan fingerprint density at radius 1 is 1.44 bits per heavy atom. The van der Waals surface area contributed by atoms with Gasteiger partial charge in [0.05, 0.1) is 0 Å². The Morgan fingerprint density at radius 3 is 2.80 bits per heavy atom. The average molecular weight is 364 g/mol. The molecule has 0 saturated heterocycles. The number of nitriles is 1. The van der Waals surface area contributed by atoms with E-state index in [9.17, 15) is 4.79 Å². The summed E-state index contributed by atoms with van der Waals surface area (Å²) < 4.78 is 5.38. The lowest BCUT2D eigenvalue weighted by Gasteiger charge is -2.44. The molecule has 1 heterocycles. The van der Waals surface area contributed by atoms with E-state index >= 15 is 0 Å². The van der Waals surface area contributed by atoms with E-state index < -0.39 is 5.60 Å². The van der Waals surface area contributed by atoms with Crippen molar-refractivity contribution in [3.05, 3.63) is 21.9 Å². The van der Waals surface area contributed by atoms with Gasteiger partial charge in [0.1, 0.15) is 16.5 Å². The highest BCUT2D eigenvalue weighted by Gasteiger charge is 2.38. The molecule has 2 rings (SSSR count). The molecular formula is C19H29N3O2S. The summed E-state index contributed by atoms with van der Waals surface area (Å²) in [4.78, 5) is 13.9. The first kappa shape index (κ1) is 19.7. The normalized spacial score (nSPS) is 23.7. The van der Waals surface area contributed by atoms with Crippen molar-refractivity contribution in [2.75, 3.05) is 6.54 Å².